The minimum absolute atomic E-state index is 0.174. The molecule has 0 spiro atoms. The lowest BCUT2D eigenvalue weighted by Crippen LogP contribution is -2.30. The molecule has 1 atom stereocenters. The molecule has 0 bridgehead atoms. The number of hydrogen-bond donors (Lipinski definition) is 0. The van der Waals surface area contributed by atoms with Gasteiger partial charge in [-0.2, -0.15) is 0 Å². The van der Waals surface area contributed by atoms with E-state index in [4.69, 9.17) is 9.15 Å². The lowest BCUT2D eigenvalue weighted by molar-refractivity contribution is -0.127. The summed E-state index contributed by atoms with van der Waals surface area (Å²) in [5, 5.41) is 1.02. The van der Waals surface area contributed by atoms with Crippen LogP contribution < -0.4 is 10.4 Å². The summed E-state index contributed by atoms with van der Waals surface area (Å²) in [6, 6.07) is 3.91. The molecule has 0 unspecified atom stereocenters. The monoisotopic (exact) mass is 326 g/mol. The minimum Gasteiger partial charge on any atom is -0.482 e. The summed E-state index contributed by atoms with van der Waals surface area (Å²) in [4.78, 5) is 24.3. The van der Waals surface area contributed by atoms with Gasteiger partial charge in [-0.1, -0.05) is 0 Å². The molecule has 2 aromatic rings. The molecule has 1 saturated carbocycles. The van der Waals surface area contributed by atoms with Crippen molar-refractivity contribution in [2.45, 2.75) is 64.4 Å². The number of carbonyl (C=O) groups is 1. The summed E-state index contributed by atoms with van der Waals surface area (Å²) < 4.78 is 11.6. The fourth-order valence-corrected chi connectivity index (χ4v) is 3.98. The maximum atomic E-state index is 12.3. The molecule has 4 rings (SSSR count). The number of ketones is 1. The standard InChI is InChI=1S/C20H22O4/c1-12-17(23-18-9-5-4-8-16(18)21)11-10-14-13-6-2-3-7-15(13)20(22)24-19(12)14/h10-11,18H,2-9H2,1H3/t18-/m1/s1. The van der Waals surface area contributed by atoms with Crippen LogP contribution in [-0.4, -0.2) is 11.9 Å². The van der Waals surface area contributed by atoms with Gasteiger partial charge < -0.3 is 9.15 Å². The fourth-order valence-electron chi connectivity index (χ4n) is 3.98. The van der Waals surface area contributed by atoms with Crippen LogP contribution in [0.15, 0.2) is 21.3 Å². The van der Waals surface area contributed by atoms with Gasteiger partial charge in [0.05, 0.1) is 0 Å². The fraction of sp³-hybridized carbons (Fsp3) is 0.500. The molecule has 1 heterocycles. The Labute approximate surface area is 140 Å². The zero-order valence-corrected chi connectivity index (χ0v) is 14.0. The van der Waals surface area contributed by atoms with E-state index in [0.29, 0.717) is 17.8 Å². The SMILES string of the molecule is Cc1c(O[C@@H]2CCCCC2=O)ccc2c3c(c(=O)oc12)CCCC3. The van der Waals surface area contributed by atoms with E-state index in [2.05, 4.69) is 0 Å². The van der Waals surface area contributed by atoms with Gasteiger partial charge >= 0.3 is 5.63 Å². The van der Waals surface area contributed by atoms with Crippen LogP contribution in [0.1, 0.15) is 55.2 Å². The Morgan fingerprint density at radius 3 is 2.54 bits per heavy atom. The van der Waals surface area contributed by atoms with Crippen LogP contribution in [0.25, 0.3) is 11.0 Å². The van der Waals surface area contributed by atoms with Crippen LogP contribution in [0.5, 0.6) is 5.75 Å². The second kappa shape index (κ2) is 6.08. The van der Waals surface area contributed by atoms with Gasteiger partial charge in [-0.05, 0) is 69.6 Å². The molecule has 0 saturated heterocycles. The van der Waals surface area contributed by atoms with E-state index < -0.39 is 0 Å². The Kier molecular flexibility index (Phi) is 3.91. The van der Waals surface area contributed by atoms with Crippen LogP contribution in [0.2, 0.25) is 0 Å². The second-order valence-electron chi connectivity index (χ2n) is 6.94. The Balaban J connectivity index is 1.78. The van der Waals surface area contributed by atoms with Crippen LogP contribution in [0.3, 0.4) is 0 Å². The van der Waals surface area contributed by atoms with Crippen molar-refractivity contribution in [1.29, 1.82) is 0 Å². The Morgan fingerprint density at radius 2 is 1.75 bits per heavy atom. The lowest BCUT2D eigenvalue weighted by Gasteiger charge is -2.23. The molecule has 0 radical (unpaired) electrons. The Bertz CT molecular complexity index is 862. The third kappa shape index (κ3) is 2.54. The van der Waals surface area contributed by atoms with Crippen molar-refractivity contribution in [1.82, 2.24) is 0 Å². The number of aryl methyl sites for hydroxylation is 2. The highest BCUT2D eigenvalue weighted by atomic mass is 16.5. The van der Waals surface area contributed by atoms with Gasteiger partial charge in [0.2, 0.25) is 0 Å². The first-order valence-electron chi connectivity index (χ1n) is 8.92. The predicted octanol–water partition coefficient (Wildman–Crippen LogP) is 3.87. The van der Waals surface area contributed by atoms with Crippen molar-refractivity contribution in [2.75, 3.05) is 0 Å². The largest absolute Gasteiger partial charge is 0.482 e. The van der Waals surface area contributed by atoms with E-state index >= 15 is 0 Å². The molecule has 4 heteroatoms. The highest BCUT2D eigenvalue weighted by Gasteiger charge is 2.25. The molecule has 126 valence electrons. The van der Waals surface area contributed by atoms with Crippen molar-refractivity contribution in [2.24, 2.45) is 0 Å². The van der Waals surface area contributed by atoms with Crippen LogP contribution in [0.4, 0.5) is 0 Å². The highest BCUT2D eigenvalue weighted by molar-refractivity contribution is 5.87. The van der Waals surface area contributed by atoms with E-state index in [0.717, 1.165) is 67.0 Å². The Hall–Kier alpha value is -2.10. The van der Waals surface area contributed by atoms with E-state index in [9.17, 15) is 9.59 Å². The summed E-state index contributed by atoms with van der Waals surface area (Å²) in [6.07, 6.45) is 6.87. The van der Waals surface area contributed by atoms with Gasteiger partial charge in [0.25, 0.3) is 0 Å². The van der Waals surface area contributed by atoms with Crippen molar-refractivity contribution in [3.8, 4) is 5.75 Å². The number of carbonyl (C=O) groups excluding carboxylic acids is 1. The number of ether oxygens (including phenoxy) is 1. The summed E-state index contributed by atoms with van der Waals surface area (Å²) in [5.41, 5.74) is 3.18. The Morgan fingerprint density at radius 1 is 1.00 bits per heavy atom. The van der Waals surface area contributed by atoms with E-state index in [1.54, 1.807) is 0 Å². The zero-order valence-electron chi connectivity index (χ0n) is 14.0. The third-order valence-corrected chi connectivity index (χ3v) is 5.36. The van der Waals surface area contributed by atoms with E-state index in [1.165, 1.54) is 0 Å². The lowest BCUT2D eigenvalue weighted by atomic mass is 9.90. The molecule has 0 N–H and O–H groups in total. The molecule has 2 aliphatic rings. The second-order valence-corrected chi connectivity index (χ2v) is 6.94. The molecule has 1 aromatic carbocycles. The summed E-state index contributed by atoms with van der Waals surface area (Å²) in [5.74, 6) is 0.828. The van der Waals surface area contributed by atoms with Crippen LogP contribution in [0, 0.1) is 6.92 Å². The van der Waals surface area contributed by atoms with Gasteiger partial charge in [-0.15, -0.1) is 0 Å². The van der Waals surface area contributed by atoms with E-state index in [-0.39, 0.29) is 17.5 Å². The quantitative estimate of drug-likeness (QED) is 0.786. The number of benzene rings is 1. The molecule has 2 aliphatic carbocycles. The minimum atomic E-state index is -0.362. The molecular formula is C20H22O4. The predicted molar refractivity (Wildman–Crippen MR) is 91.8 cm³/mol. The summed E-state index contributed by atoms with van der Waals surface area (Å²) in [6.45, 7) is 1.91. The first-order valence-corrected chi connectivity index (χ1v) is 8.92. The number of Topliss-reactive ketones (excluding diaryl/α,β-unsaturated/α-hetero) is 1. The number of hydrogen-bond acceptors (Lipinski definition) is 4. The third-order valence-electron chi connectivity index (χ3n) is 5.36. The average Bonchev–Trinajstić information content (AvgIpc) is 2.60. The molecule has 1 aromatic heterocycles. The normalized spacial score (nSPS) is 20.9. The van der Waals surface area contributed by atoms with Gasteiger partial charge in [-0.25, -0.2) is 4.79 Å². The van der Waals surface area contributed by atoms with Gasteiger partial charge in [0.15, 0.2) is 11.9 Å². The van der Waals surface area contributed by atoms with Gasteiger partial charge in [-0.3, -0.25) is 4.79 Å². The molecule has 0 amide bonds. The first kappa shape index (κ1) is 15.4. The smallest absolute Gasteiger partial charge is 0.339 e. The van der Waals surface area contributed by atoms with Crippen LogP contribution in [-0.2, 0) is 17.6 Å². The van der Waals surface area contributed by atoms with Crippen molar-refractivity contribution in [3.05, 3.63) is 39.2 Å². The summed E-state index contributed by atoms with van der Waals surface area (Å²) >= 11 is 0. The highest BCUT2D eigenvalue weighted by Crippen LogP contribution is 2.33. The maximum absolute atomic E-state index is 12.3. The number of fused-ring (bicyclic) bond motifs is 3. The average molecular weight is 326 g/mol. The molecular weight excluding hydrogens is 304 g/mol. The first-order chi connectivity index (χ1) is 11.6. The molecule has 0 aliphatic heterocycles. The van der Waals surface area contributed by atoms with Crippen molar-refractivity contribution in [3.63, 3.8) is 0 Å². The summed E-state index contributed by atoms with van der Waals surface area (Å²) in [7, 11) is 0. The van der Waals surface area contributed by atoms with Crippen molar-refractivity contribution >= 4 is 16.8 Å². The maximum Gasteiger partial charge on any atom is 0.339 e. The van der Waals surface area contributed by atoms with Crippen molar-refractivity contribution < 1.29 is 13.9 Å². The molecule has 4 nitrogen and oxygen atoms in total. The topological polar surface area (TPSA) is 56.5 Å². The van der Waals surface area contributed by atoms with Gasteiger partial charge in [0, 0.05) is 22.9 Å². The van der Waals surface area contributed by atoms with Crippen LogP contribution >= 0.6 is 0 Å². The van der Waals surface area contributed by atoms with Gasteiger partial charge in [0.1, 0.15) is 11.3 Å². The molecule has 1 fully saturated rings. The zero-order chi connectivity index (χ0) is 16.7. The number of rotatable bonds is 2. The molecule has 24 heavy (non-hydrogen) atoms. The van der Waals surface area contributed by atoms with E-state index in [1.807, 2.05) is 19.1 Å².